The summed E-state index contributed by atoms with van der Waals surface area (Å²) in [5.41, 5.74) is 2.57. The maximum Gasteiger partial charge on any atom is 0.0896 e. The van der Waals surface area contributed by atoms with Crippen molar-refractivity contribution < 1.29 is 5.11 Å². The molecular formula is C15H19NOS. The topological polar surface area (TPSA) is 33.1 Å². The van der Waals surface area contributed by atoms with Gasteiger partial charge in [0.15, 0.2) is 0 Å². The van der Waals surface area contributed by atoms with Crippen molar-refractivity contribution in [3.05, 3.63) is 51.5 Å². The van der Waals surface area contributed by atoms with Gasteiger partial charge in [0.25, 0.3) is 0 Å². The highest BCUT2D eigenvalue weighted by Gasteiger charge is 2.11. The van der Waals surface area contributed by atoms with Gasteiger partial charge in [0, 0.05) is 17.7 Å². The normalized spacial score (nSPS) is 12.6. The van der Waals surface area contributed by atoms with Gasteiger partial charge in [0.2, 0.25) is 0 Å². The minimum atomic E-state index is 0.227. The summed E-state index contributed by atoms with van der Waals surface area (Å²) in [6, 6.07) is 8.55. The van der Waals surface area contributed by atoms with Gasteiger partial charge in [-0.15, -0.1) is 11.3 Å². The van der Waals surface area contributed by atoms with Crippen LogP contribution in [0.5, 0.6) is 0 Å². The molecule has 0 bridgehead atoms. The van der Waals surface area contributed by atoms with E-state index < -0.39 is 0 Å². The highest BCUT2D eigenvalue weighted by Crippen LogP contribution is 2.19. The van der Waals surface area contributed by atoms with Crippen LogP contribution in [0.2, 0.25) is 0 Å². The average molecular weight is 261 g/mol. The van der Waals surface area contributed by atoms with Crippen LogP contribution < -0.4 is 0 Å². The smallest absolute Gasteiger partial charge is 0.0896 e. The third kappa shape index (κ3) is 3.65. The Bertz CT molecular complexity index is 489. The maximum absolute atomic E-state index is 9.49. The number of thiazole rings is 1. The fraction of sp³-hybridized carbons (Fsp3) is 0.400. The van der Waals surface area contributed by atoms with E-state index in [9.17, 15) is 5.11 Å². The van der Waals surface area contributed by atoms with E-state index in [1.54, 1.807) is 11.3 Å². The molecule has 0 saturated carbocycles. The number of nitrogens with zero attached hydrogens (tertiary/aromatic N) is 1. The van der Waals surface area contributed by atoms with Crippen molar-refractivity contribution in [3.8, 4) is 0 Å². The molecule has 18 heavy (non-hydrogen) atoms. The molecule has 96 valence electrons. The van der Waals surface area contributed by atoms with Crippen molar-refractivity contribution in [2.24, 2.45) is 5.92 Å². The van der Waals surface area contributed by atoms with Crippen LogP contribution in [0.25, 0.3) is 0 Å². The van der Waals surface area contributed by atoms with Crippen LogP contribution in [-0.4, -0.2) is 16.7 Å². The largest absolute Gasteiger partial charge is 0.396 e. The van der Waals surface area contributed by atoms with Crippen molar-refractivity contribution in [2.75, 3.05) is 6.61 Å². The minimum absolute atomic E-state index is 0.227. The predicted molar refractivity (Wildman–Crippen MR) is 76.0 cm³/mol. The number of hydrogen-bond donors (Lipinski definition) is 1. The molecular weight excluding hydrogens is 242 g/mol. The van der Waals surface area contributed by atoms with Crippen LogP contribution in [0.1, 0.15) is 21.0 Å². The Kier molecular flexibility index (Phi) is 4.50. The first kappa shape index (κ1) is 13.2. The second-order valence-electron chi connectivity index (χ2n) is 4.79. The molecule has 0 spiro atoms. The Balaban J connectivity index is 1.99. The molecule has 0 fully saturated rings. The molecule has 0 aliphatic heterocycles. The number of benzene rings is 1. The molecule has 2 aromatic rings. The van der Waals surface area contributed by atoms with Crippen LogP contribution >= 0.6 is 11.3 Å². The Hall–Kier alpha value is -1.19. The van der Waals surface area contributed by atoms with Crippen molar-refractivity contribution in [1.29, 1.82) is 0 Å². The zero-order valence-corrected chi connectivity index (χ0v) is 11.7. The summed E-state index contributed by atoms with van der Waals surface area (Å²) in [6.45, 7) is 4.33. The molecule has 0 amide bonds. The second-order valence-corrected chi connectivity index (χ2v) is 6.11. The first-order valence-electron chi connectivity index (χ1n) is 6.25. The SMILES string of the molecule is Cc1ccc(CC(CO)Cc2cnc(C)s2)cc1. The molecule has 1 unspecified atom stereocenters. The molecule has 1 aromatic heterocycles. The third-order valence-corrected chi connectivity index (χ3v) is 4.00. The predicted octanol–water partition coefficient (Wildman–Crippen LogP) is 3.15. The van der Waals surface area contributed by atoms with Crippen LogP contribution in [-0.2, 0) is 12.8 Å². The molecule has 3 heteroatoms. The summed E-state index contributed by atoms with van der Waals surface area (Å²) in [6.07, 6.45) is 3.77. The van der Waals surface area contributed by atoms with E-state index in [1.165, 1.54) is 16.0 Å². The molecule has 1 aromatic carbocycles. The van der Waals surface area contributed by atoms with E-state index in [1.807, 2.05) is 13.1 Å². The lowest BCUT2D eigenvalue weighted by atomic mass is 9.96. The summed E-state index contributed by atoms with van der Waals surface area (Å²) in [7, 11) is 0. The standard InChI is InChI=1S/C15H19NOS/c1-11-3-5-13(6-4-11)7-14(10-17)8-15-9-16-12(2)18-15/h3-6,9,14,17H,7-8,10H2,1-2H3. The molecule has 1 atom stereocenters. The summed E-state index contributed by atoms with van der Waals surface area (Å²) >= 11 is 1.72. The molecule has 0 saturated heterocycles. The second kappa shape index (κ2) is 6.12. The Morgan fingerprint density at radius 2 is 1.89 bits per heavy atom. The highest BCUT2D eigenvalue weighted by atomic mass is 32.1. The molecule has 1 N–H and O–H groups in total. The first-order valence-corrected chi connectivity index (χ1v) is 7.06. The van der Waals surface area contributed by atoms with Crippen LogP contribution in [0, 0.1) is 19.8 Å². The van der Waals surface area contributed by atoms with Crippen molar-refractivity contribution in [3.63, 3.8) is 0 Å². The molecule has 1 heterocycles. The first-order chi connectivity index (χ1) is 8.67. The lowest BCUT2D eigenvalue weighted by Gasteiger charge is -2.13. The highest BCUT2D eigenvalue weighted by molar-refractivity contribution is 7.11. The number of aromatic nitrogens is 1. The number of hydrogen-bond acceptors (Lipinski definition) is 3. The number of aryl methyl sites for hydroxylation is 2. The Morgan fingerprint density at radius 1 is 1.17 bits per heavy atom. The van der Waals surface area contributed by atoms with Gasteiger partial charge in [-0.1, -0.05) is 29.8 Å². The van der Waals surface area contributed by atoms with E-state index >= 15 is 0 Å². The van der Waals surface area contributed by atoms with E-state index in [2.05, 4.69) is 36.2 Å². The Labute approximate surface area is 112 Å². The fourth-order valence-electron chi connectivity index (χ4n) is 2.04. The van der Waals surface area contributed by atoms with E-state index in [0.29, 0.717) is 0 Å². The number of aliphatic hydroxyl groups is 1. The van der Waals surface area contributed by atoms with E-state index in [0.717, 1.165) is 17.8 Å². The van der Waals surface area contributed by atoms with Gasteiger partial charge in [-0.3, -0.25) is 0 Å². The van der Waals surface area contributed by atoms with Crippen molar-refractivity contribution in [2.45, 2.75) is 26.7 Å². The van der Waals surface area contributed by atoms with Gasteiger partial charge in [-0.25, -0.2) is 4.98 Å². The monoisotopic (exact) mass is 261 g/mol. The zero-order chi connectivity index (χ0) is 13.0. The average Bonchev–Trinajstić information content (AvgIpc) is 2.77. The van der Waals surface area contributed by atoms with Gasteiger partial charge in [0.05, 0.1) is 5.01 Å². The molecule has 2 nitrogen and oxygen atoms in total. The van der Waals surface area contributed by atoms with Gasteiger partial charge in [-0.05, 0) is 38.2 Å². The maximum atomic E-state index is 9.49. The fourth-order valence-corrected chi connectivity index (χ4v) is 2.95. The lowest BCUT2D eigenvalue weighted by Crippen LogP contribution is -2.12. The summed E-state index contributed by atoms with van der Waals surface area (Å²) in [5.74, 6) is 0.285. The van der Waals surface area contributed by atoms with Crippen molar-refractivity contribution in [1.82, 2.24) is 4.98 Å². The van der Waals surface area contributed by atoms with Gasteiger partial charge >= 0.3 is 0 Å². The quantitative estimate of drug-likeness (QED) is 0.897. The van der Waals surface area contributed by atoms with Crippen LogP contribution in [0.15, 0.2) is 30.5 Å². The number of rotatable bonds is 5. The molecule has 0 radical (unpaired) electrons. The minimum Gasteiger partial charge on any atom is -0.396 e. The van der Waals surface area contributed by atoms with Gasteiger partial charge in [0.1, 0.15) is 0 Å². The molecule has 0 aliphatic rings. The van der Waals surface area contributed by atoms with Gasteiger partial charge in [-0.2, -0.15) is 0 Å². The van der Waals surface area contributed by atoms with Crippen LogP contribution in [0.4, 0.5) is 0 Å². The zero-order valence-electron chi connectivity index (χ0n) is 10.9. The van der Waals surface area contributed by atoms with E-state index in [-0.39, 0.29) is 12.5 Å². The molecule has 2 rings (SSSR count). The summed E-state index contributed by atoms with van der Waals surface area (Å²) in [4.78, 5) is 5.52. The van der Waals surface area contributed by atoms with Crippen molar-refractivity contribution >= 4 is 11.3 Å². The van der Waals surface area contributed by atoms with E-state index in [4.69, 9.17) is 0 Å². The summed E-state index contributed by atoms with van der Waals surface area (Å²) in [5, 5.41) is 10.6. The summed E-state index contributed by atoms with van der Waals surface area (Å²) < 4.78 is 0. The third-order valence-electron chi connectivity index (χ3n) is 3.06. The van der Waals surface area contributed by atoms with Crippen LogP contribution in [0.3, 0.4) is 0 Å². The Morgan fingerprint density at radius 3 is 2.44 bits per heavy atom. The molecule has 0 aliphatic carbocycles. The number of aliphatic hydroxyl groups excluding tert-OH is 1. The lowest BCUT2D eigenvalue weighted by molar-refractivity contribution is 0.225. The van der Waals surface area contributed by atoms with Gasteiger partial charge < -0.3 is 5.11 Å².